The SMILES string of the molecule is Cc1ccccc1OCc1c(C(=O)Nc2ccc(N3CCCCC3)c3nonc23)noc1C. The zero-order valence-electron chi connectivity index (χ0n) is 18.6. The number of hydrogen-bond donors (Lipinski definition) is 1. The Bertz CT molecular complexity index is 1290. The predicted octanol–water partition coefficient (Wildman–Crippen LogP) is 4.65. The molecule has 0 radical (unpaired) electrons. The molecule has 9 heteroatoms. The Balaban J connectivity index is 1.37. The van der Waals surface area contributed by atoms with Crippen LogP contribution in [0.15, 0.2) is 45.6 Å². The van der Waals surface area contributed by atoms with E-state index in [2.05, 4.69) is 25.7 Å². The summed E-state index contributed by atoms with van der Waals surface area (Å²) in [6, 6.07) is 11.5. The second kappa shape index (κ2) is 8.93. The third-order valence-electron chi connectivity index (χ3n) is 6.00. The summed E-state index contributed by atoms with van der Waals surface area (Å²) in [6.07, 6.45) is 3.52. The molecule has 3 heterocycles. The number of rotatable bonds is 6. The van der Waals surface area contributed by atoms with Crippen molar-refractivity contribution in [2.45, 2.75) is 39.7 Å². The average Bonchev–Trinajstić information content (AvgIpc) is 3.47. The zero-order valence-corrected chi connectivity index (χ0v) is 18.6. The van der Waals surface area contributed by atoms with Crippen molar-refractivity contribution in [1.29, 1.82) is 0 Å². The van der Waals surface area contributed by atoms with Crippen LogP contribution < -0.4 is 15.0 Å². The van der Waals surface area contributed by atoms with Crippen LogP contribution in [0.2, 0.25) is 0 Å². The number of amides is 1. The normalized spacial score (nSPS) is 13.9. The summed E-state index contributed by atoms with van der Waals surface area (Å²) in [5.74, 6) is 0.862. The molecule has 1 amide bonds. The van der Waals surface area contributed by atoms with E-state index < -0.39 is 5.91 Å². The van der Waals surface area contributed by atoms with E-state index in [0.717, 1.165) is 42.9 Å². The molecule has 9 nitrogen and oxygen atoms in total. The van der Waals surface area contributed by atoms with Crippen molar-refractivity contribution in [3.63, 3.8) is 0 Å². The fourth-order valence-electron chi connectivity index (χ4n) is 4.13. The number of carbonyl (C=O) groups is 1. The van der Waals surface area contributed by atoms with Gasteiger partial charge in [0.1, 0.15) is 18.1 Å². The van der Waals surface area contributed by atoms with Crippen molar-refractivity contribution < 1.29 is 18.7 Å². The second-order valence-corrected chi connectivity index (χ2v) is 8.22. The number of aromatic nitrogens is 3. The highest BCUT2D eigenvalue weighted by Crippen LogP contribution is 2.32. The molecule has 1 aliphatic heterocycles. The minimum absolute atomic E-state index is 0.164. The Morgan fingerprint density at radius 1 is 1.03 bits per heavy atom. The first-order valence-corrected chi connectivity index (χ1v) is 11.1. The lowest BCUT2D eigenvalue weighted by molar-refractivity contribution is 0.101. The lowest BCUT2D eigenvalue weighted by Gasteiger charge is -2.28. The zero-order chi connectivity index (χ0) is 22.8. The fourth-order valence-corrected chi connectivity index (χ4v) is 4.13. The first-order valence-electron chi connectivity index (χ1n) is 11.1. The van der Waals surface area contributed by atoms with Gasteiger partial charge >= 0.3 is 0 Å². The Morgan fingerprint density at radius 3 is 2.64 bits per heavy atom. The monoisotopic (exact) mass is 447 g/mol. The molecule has 33 heavy (non-hydrogen) atoms. The van der Waals surface area contributed by atoms with Gasteiger partial charge in [-0.25, -0.2) is 4.63 Å². The third-order valence-corrected chi connectivity index (χ3v) is 6.00. The second-order valence-electron chi connectivity index (χ2n) is 8.22. The Labute approximate surface area is 190 Å². The molecule has 0 saturated carbocycles. The first-order chi connectivity index (χ1) is 16.1. The van der Waals surface area contributed by atoms with E-state index in [0.29, 0.717) is 28.0 Å². The Morgan fingerprint density at radius 2 is 1.82 bits per heavy atom. The predicted molar refractivity (Wildman–Crippen MR) is 123 cm³/mol. The molecular formula is C24H25N5O4. The van der Waals surface area contributed by atoms with Gasteiger partial charge < -0.3 is 19.5 Å². The number of nitrogens with zero attached hydrogens (tertiary/aromatic N) is 4. The summed E-state index contributed by atoms with van der Waals surface area (Å²) in [7, 11) is 0. The largest absolute Gasteiger partial charge is 0.488 e. The number of anilines is 2. The average molecular weight is 447 g/mol. The number of nitrogens with one attached hydrogen (secondary N) is 1. The molecule has 2 aromatic carbocycles. The fraction of sp³-hybridized carbons (Fsp3) is 0.333. The van der Waals surface area contributed by atoms with Crippen LogP contribution in [0.25, 0.3) is 11.0 Å². The smallest absolute Gasteiger partial charge is 0.278 e. The quantitative estimate of drug-likeness (QED) is 0.455. The molecule has 0 spiro atoms. The minimum atomic E-state index is -0.412. The summed E-state index contributed by atoms with van der Waals surface area (Å²) in [6.45, 7) is 5.83. The molecule has 1 saturated heterocycles. The molecule has 1 fully saturated rings. The van der Waals surface area contributed by atoms with Gasteiger partial charge in [-0.3, -0.25) is 4.79 Å². The highest BCUT2D eigenvalue weighted by atomic mass is 16.6. The van der Waals surface area contributed by atoms with E-state index in [1.165, 1.54) is 6.42 Å². The van der Waals surface area contributed by atoms with Crippen LogP contribution in [0, 0.1) is 13.8 Å². The van der Waals surface area contributed by atoms with Crippen LogP contribution in [-0.4, -0.2) is 34.5 Å². The van der Waals surface area contributed by atoms with Crippen molar-refractivity contribution >= 4 is 28.3 Å². The lowest BCUT2D eigenvalue weighted by atomic mass is 10.1. The highest BCUT2D eigenvalue weighted by Gasteiger charge is 2.24. The van der Waals surface area contributed by atoms with Gasteiger partial charge in [-0.05, 0) is 67.2 Å². The molecule has 1 N–H and O–H groups in total. The van der Waals surface area contributed by atoms with Gasteiger partial charge in [-0.15, -0.1) is 0 Å². The Hall–Kier alpha value is -3.88. The summed E-state index contributed by atoms with van der Waals surface area (Å²) < 4.78 is 16.2. The van der Waals surface area contributed by atoms with Crippen molar-refractivity contribution in [2.24, 2.45) is 0 Å². The number of carbonyl (C=O) groups excluding carboxylic acids is 1. The molecule has 0 aliphatic carbocycles. The summed E-state index contributed by atoms with van der Waals surface area (Å²) in [5, 5.41) is 15.0. The van der Waals surface area contributed by atoms with Crippen LogP contribution in [0.1, 0.15) is 46.6 Å². The third kappa shape index (κ3) is 4.13. The molecule has 1 aliphatic rings. The van der Waals surface area contributed by atoms with E-state index in [1.54, 1.807) is 6.92 Å². The van der Waals surface area contributed by atoms with Gasteiger partial charge in [0.25, 0.3) is 5.91 Å². The van der Waals surface area contributed by atoms with Crippen LogP contribution in [0.4, 0.5) is 11.4 Å². The van der Waals surface area contributed by atoms with E-state index in [9.17, 15) is 4.79 Å². The number of benzene rings is 2. The standard InChI is InChI=1S/C24H25N5O4/c1-15-8-4-5-9-20(15)31-14-17-16(2)32-26-21(17)24(30)25-18-10-11-19(23-22(18)27-33-28-23)29-12-6-3-7-13-29/h4-5,8-11H,3,6-7,12-14H2,1-2H3,(H,25,30). The van der Waals surface area contributed by atoms with Gasteiger partial charge in [-0.2, -0.15) is 0 Å². The maximum absolute atomic E-state index is 13.1. The van der Waals surface area contributed by atoms with Crippen molar-refractivity contribution in [3.05, 3.63) is 59.0 Å². The topological polar surface area (TPSA) is 107 Å². The summed E-state index contributed by atoms with van der Waals surface area (Å²) >= 11 is 0. The maximum atomic E-state index is 13.1. The van der Waals surface area contributed by atoms with Gasteiger partial charge in [0.15, 0.2) is 16.7 Å². The number of para-hydroxylation sites is 1. The number of piperidine rings is 1. The number of aryl methyl sites for hydroxylation is 2. The van der Waals surface area contributed by atoms with Gasteiger partial charge in [0.2, 0.25) is 0 Å². The van der Waals surface area contributed by atoms with E-state index in [-0.39, 0.29) is 12.3 Å². The van der Waals surface area contributed by atoms with Crippen molar-refractivity contribution in [2.75, 3.05) is 23.3 Å². The van der Waals surface area contributed by atoms with Crippen LogP contribution in [0.5, 0.6) is 5.75 Å². The number of hydrogen-bond acceptors (Lipinski definition) is 8. The molecule has 2 aromatic heterocycles. The van der Waals surface area contributed by atoms with Crippen molar-refractivity contribution in [1.82, 2.24) is 15.5 Å². The summed E-state index contributed by atoms with van der Waals surface area (Å²) in [5.41, 5.74) is 4.38. The van der Waals surface area contributed by atoms with Gasteiger partial charge in [0.05, 0.1) is 16.9 Å². The lowest BCUT2D eigenvalue weighted by Crippen LogP contribution is -2.29. The molecule has 0 unspecified atom stereocenters. The molecule has 5 rings (SSSR count). The number of ether oxygens (including phenoxy) is 1. The molecule has 4 aromatic rings. The molecule has 170 valence electrons. The van der Waals surface area contributed by atoms with Crippen LogP contribution in [0.3, 0.4) is 0 Å². The van der Waals surface area contributed by atoms with E-state index in [4.69, 9.17) is 13.9 Å². The van der Waals surface area contributed by atoms with Gasteiger partial charge in [-0.1, -0.05) is 23.4 Å². The van der Waals surface area contributed by atoms with E-state index in [1.807, 2.05) is 43.3 Å². The molecule has 0 bridgehead atoms. The molecular weight excluding hydrogens is 422 g/mol. The van der Waals surface area contributed by atoms with Crippen molar-refractivity contribution in [3.8, 4) is 5.75 Å². The Kier molecular flexibility index (Phi) is 5.68. The molecule has 0 atom stereocenters. The highest BCUT2D eigenvalue weighted by molar-refractivity contribution is 6.09. The van der Waals surface area contributed by atoms with Crippen LogP contribution >= 0.6 is 0 Å². The van der Waals surface area contributed by atoms with E-state index >= 15 is 0 Å². The van der Waals surface area contributed by atoms with Crippen LogP contribution in [-0.2, 0) is 6.61 Å². The minimum Gasteiger partial charge on any atom is -0.488 e. The summed E-state index contributed by atoms with van der Waals surface area (Å²) in [4.78, 5) is 15.4. The maximum Gasteiger partial charge on any atom is 0.278 e. The van der Waals surface area contributed by atoms with Gasteiger partial charge in [0, 0.05) is 13.1 Å². The first kappa shape index (κ1) is 21.0. The number of fused-ring (bicyclic) bond motifs is 1.